The topological polar surface area (TPSA) is 38.0 Å². The van der Waals surface area contributed by atoms with E-state index in [0.717, 1.165) is 5.56 Å². The number of nitrogens with one attached hydrogen (secondary N) is 1. The van der Waals surface area contributed by atoms with Crippen LogP contribution in [-0.4, -0.2) is 0 Å². The highest BCUT2D eigenvalue weighted by Crippen LogP contribution is 2.24. The number of halogens is 1. The molecule has 0 fully saturated rings. The third kappa shape index (κ3) is 2.91. The van der Waals surface area contributed by atoms with Crippen LogP contribution >= 0.6 is 11.3 Å². The second-order valence-corrected chi connectivity index (χ2v) is 4.81. The van der Waals surface area contributed by atoms with Crippen molar-refractivity contribution >= 4 is 11.3 Å². The Hall–Kier alpha value is -1.23. The maximum absolute atomic E-state index is 13.1. The molecule has 2 aromatic rings. The summed E-state index contributed by atoms with van der Waals surface area (Å²) in [6.45, 7) is 2.06. The lowest BCUT2D eigenvalue weighted by atomic mass is 9.99. The molecule has 0 radical (unpaired) electrons. The summed E-state index contributed by atoms with van der Waals surface area (Å²) in [4.78, 5) is 0. The van der Waals surface area contributed by atoms with Crippen LogP contribution in [-0.2, 0) is 6.42 Å². The van der Waals surface area contributed by atoms with Gasteiger partial charge in [-0.05, 0) is 52.9 Å². The van der Waals surface area contributed by atoms with Crippen molar-refractivity contribution in [1.29, 1.82) is 0 Å². The molecule has 1 aromatic carbocycles. The summed E-state index contributed by atoms with van der Waals surface area (Å²) in [6.07, 6.45) is 0.686. The first-order valence-corrected chi connectivity index (χ1v) is 6.38. The third-order valence-corrected chi connectivity index (χ3v) is 3.68. The van der Waals surface area contributed by atoms with E-state index in [0.29, 0.717) is 6.42 Å². The Bertz CT molecular complexity index is 496. The second-order valence-electron chi connectivity index (χ2n) is 4.06. The maximum atomic E-state index is 13.1. The van der Waals surface area contributed by atoms with E-state index in [2.05, 4.69) is 23.1 Å². The van der Waals surface area contributed by atoms with Crippen LogP contribution in [0.3, 0.4) is 0 Å². The van der Waals surface area contributed by atoms with E-state index in [4.69, 9.17) is 5.84 Å². The smallest absolute Gasteiger partial charge is 0.123 e. The van der Waals surface area contributed by atoms with E-state index in [1.165, 1.54) is 17.2 Å². The molecule has 0 amide bonds. The van der Waals surface area contributed by atoms with Gasteiger partial charge in [0.25, 0.3) is 0 Å². The first kappa shape index (κ1) is 12.2. The molecule has 1 atom stereocenters. The Balaban J connectivity index is 2.19. The van der Waals surface area contributed by atoms with Gasteiger partial charge in [-0.25, -0.2) is 4.39 Å². The molecule has 4 heteroatoms. The predicted molar refractivity (Wildman–Crippen MR) is 69.2 cm³/mol. The number of benzene rings is 1. The summed E-state index contributed by atoms with van der Waals surface area (Å²) in [5.74, 6) is 5.37. The largest absolute Gasteiger partial charge is 0.271 e. The first-order valence-electron chi connectivity index (χ1n) is 5.44. The van der Waals surface area contributed by atoms with Crippen LogP contribution in [0.5, 0.6) is 0 Å². The normalized spacial score (nSPS) is 12.6. The van der Waals surface area contributed by atoms with Gasteiger partial charge < -0.3 is 0 Å². The molecular formula is C13H15FN2S. The Labute approximate surface area is 104 Å². The summed E-state index contributed by atoms with van der Waals surface area (Å²) in [6, 6.07) is 6.66. The van der Waals surface area contributed by atoms with E-state index < -0.39 is 0 Å². The van der Waals surface area contributed by atoms with Crippen LogP contribution in [0.25, 0.3) is 0 Å². The van der Waals surface area contributed by atoms with E-state index >= 15 is 0 Å². The highest BCUT2D eigenvalue weighted by molar-refractivity contribution is 7.08. The number of aryl methyl sites for hydroxylation is 1. The predicted octanol–water partition coefficient (Wildman–Crippen LogP) is 2.94. The molecule has 0 aliphatic heterocycles. The molecule has 0 spiro atoms. The highest BCUT2D eigenvalue weighted by atomic mass is 32.1. The van der Waals surface area contributed by atoms with Gasteiger partial charge in [0.1, 0.15) is 5.82 Å². The number of nitrogens with two attached hydrogens (primary N) is 1. The van der Waals surface area contributed by atoms with E-state index in [-0.39, 0.29) is 11.9 Å². The van der Waals surface area contributed by atoms with Gasteiger partial charge in [-0.15, -0.1) is 0 Å². The molecular weight excluding hydrogens is 235 g/mol. The molecule has 0 aliphatic rings. The Morgan fingerprint density at radius 3 is 2.82 bits per heavy atom. The van der Waals surface area contributed by atoms with Gasteiger partial charge in [0.2, 0.25) is 0 Å². The zero-order valence-corrected chi connectivity index (χ0v) is 10.4. The minimum absolute atomic E-state index is 0.0306. The fourth-order valence-electron chi connectivity index (χ4n) is 1.89. The standard InChI is InChI=1S/C13H15FN2S/c1-9-7-17-8-12(9)13(16-15)6-10-3-2-4-11(14)5-10/h2-5,7-8,13,16H,6,15H2,1H3. The lowest BCUT2D eigenvalue weighted by Crippen LogP contribution is -2.29. The van der Waals surface area contributed by atoms with Crippen LogP contribution in [0.2, 0.25) is 0 Å². The van der Waals surface area contributed by atoms with Crippen molar-refractivity contribution in [1.82, 2.24) is 5.43 Å². The van der Waals surface area contributed by atoms with Gasteiger partial charge >= 0.3 is 0 Å². The molecule has 1 aromatic heterocycles. The SMILES string of the molecule is Cc1cscc1C(Cc1cccc(F)c1)NN. The number of rotatable bonds is 4. The molecule has 2 rings (SSSR count). The van der Waals surface area contributed by atoms with E-state index in [1.54, 1.807) is 23.5 Å². The van der Waals surface area contributed by atoms with Crippen molar-refractivity contribution in [2.45, 2.75) is 19.4 Å². The van der Waals surface area contributed by atoms with Crippen molar-refractivity contribution in [3.8, 4) is 0 Å². The fraction of sp³-hybridized carbons (Fsp3) is 0.231. The van der Waals surface area contributed by atoms with E-state index in [1.807, 2.05) is 6.07 Å². The van der Waals surface area contributed by atoms with Crippen LogP contribution in [0.15, 0.2) is 35.0 Å². The van der Waals surface area contributed by atoms with Crippen LogP contribution in [0.4, 0.5) is 4.39 Å². The molecule has 1 unspecified atom stereocenters. The molecule has 90 valence electrons. The van der Waals surface area contributed by atoms with Crippen LogP contribution in [0.1, 0.15) is 22.7 Å². The number of hydrogen-bond donors (Lipinski definition) is 2. The number of hydrazine groups is 1. The first-order chi connectivity index (χ1) is 8.20. The quantitative estimate of drug-likeness (QED) is 0.647. The Morgan fingerprint density at radius 2 is 2.24 bits per heavy atom. The molecule has 0 saturated heterocycles. The van der Waals surface area contributed by atoms with Gasteiger partial charge in [0, 0.05) is 0 Å². The zero-order valence-electron chi connectivity index (χ0n) is 9.61. The molecule has 2 nitrogen and oxygen atoms in total. The Morgan fingerprint density at radius 1 is 1.41 bits per heavy atom. The van der Waals surface area contributed by atoms with Crippen molar-refractivity contribution in [3.05, 3.63) is 57.5 Å². The molecule has 3 N–H and O–H groups in total. The average molecular weight is 250 g/mol. The molecule has 0 saturated carbocycles. The van der Waals surface area contributed by atoms with Crippen LogP contribution in [0, 0.1) is 12.7 Å². The highest BCUT2D eigenvalue weighted by Gasteiger charge is 2.13. The summed E-state index contributed by atoms with van der Waals surface area (Å²) in [5, 5.41) is 4.17. The van der Waals surface area contributed by atoms with Gasteiger partial charge in [-0.2, -0.15) is 11.3 Å². The van der Waals surface area contributed by atoms with Crippen molar-refractivity contribution in [2.75, 3.05) is 0 Å². The average Bonchev–Trinajstić information content (AvgIpc) is 2.72. The fourth-order valence-corrected chi connectivity index (χ4v) is 2.79. The van der Waals surface area contributed by atoms with Gasteiger partial charge in [-0.1, -0.05) is 12.1 Å². The summed E-state index contributed by atoms with van der Waals surface area (Å²) in [7, 11) is 0. The van der Waals surface area contributed by atoms with Crippen molar-refractivity contribution in [2.24, 2.45) is 5.84 Å². The minimum Gasteiger partial charge on any atom is -0.271 e. The van der Waals surface area contributed by atoms with Gasteiger partial charge in [0.15, 0.2) is 0 Å². The monoisotopic (exact) mass is 250 g/mol. The summed E-state index contributed by atoms with van der Waals surface area (Å²) in [5.41, 5.74) is 6.14. The third-order valence-electron chi connectivity index (χ3n) is 2.80. The molecule has 0 aliphatic carbocycles. The maximum Gasteiger partial charge on any atom is 0.123 e. The molecule has 0 bridgehead atoms. The lowest BCUT2D eigenvalue weighted by molar-refractivity contribution is 0.548. The number of thiophene rings is 1. The van der Waals surface area contributed by atoms with Crippen molar-refractivity contribution in [3.63, 3.8) is 0 Å². The number of hydrogen-bond acceptors (Lipinski definition) is 3. The second kappa shape index (κ2) is 5.40. The van der Waals surface area contributed by atoms with Gasteiger partial charge in [-0.3, -0.25) is 11.3 Å². The Kier molecular flexibility index (Phi) is 3.89. The molecule has 17 heavy (non-hydrogen) atoms. The molecule has 1 heterocycles. The summed E-state index contributed by atoms with van der Waals surface area (Å²) < 4.78 is 13.1. The zero-order chi connectivity index (χ0) is 12.3. The van der Waals surface area contributed by atoms with Crippen LogP contribution < -0.4 is 11.3 Å². The van der Waals surface area contributed by atoms with Gasteiger partial charge in [0.05, 0.1) is 6.04 Å². The summed E-state index contributed by atoms with van der Waals surface area (Å²) >= 11 is 1.65. The van der Waals surface area contributed by atoms with E-state index in [9.17, 15) is 4.39 Å². The lowest BCUT2D eigenvalue weighted by Gasteiger charge is -2.16. The van der Waals surface area contributed by atoms with Crippen molar-refractivity contribution < 1.29 is 4.39 Å². The minimum atomic E-state index is -0.208.